The van der Waals surface area contributed by atoms with Gasteiger partial charge in [0.25, 0.3) is 0 Å². The Morgan fingerprint density at radius 3 is 2.40 bits per heavy atom. The van der Waals surface area contributed by atoms with Crippen molar-refractivity contribution in [3.8, 4) is 0 Å². The molecule has 1 saturated heterocycles. The Morgan fingerprint density at radius 2 is 1.71 bits per heavy atom. The summed E-state index contributed by atoms with van der Waals surface area (Å²) in [6, 6.07) is 7.69. The van der Waals surface area contributed by atoms with Crippen molar-refractivity contribution in [2.24, 2.45) is 10.4 Å². The largest absolute Gasteiger partial charge is 0.391 e. The van der Waals surface area contributed by atoms with Crippen LogP contribution in [0.1, 0.15) is 110 Å². The maximum atomic E-state index is 14.0. The number of aliphatic hydroxyl groups is 1. The summed E-state index contributed by atoms with van der Waals surface area (Å²) < 4.78 is 0. The minimum atomic E-state index is -0.841. The van der Waals surface area contributed by atoms with Crippen LogP contribution in [0.2, 0.25) is 5.15 Å². The highest BCUT2D eigenvalue weighted by Gasteiger charge is 2.44. The highest BCUT2D eigenvalue weighted by Crippen LogP contribution is 2.29. The molecular formula is C39H54ClN7O4S. The average Bonchev–Trinajstić information content (AvgIpc) is 3.37. The highest BCUT2D eigenvalue weighted by atomic mass is 35.5. The molecule has 0 unspecified atom stereocenters. The van der Waals surface area contributed by atoms with Gasteiger partial charge < -0.3 is 26.0 Å². The molecule has 0 radical (unpaired) electrons. The first-order valence-electron chi connectivity index (χ1n) is 18.3. The Kier molecular flexibility index (Phi) is 15.7. The summed E-state index contributed by atoms with van der Waals surface area (Å²) in [6.45, 7) is 10.4. The Labute approximate surface area is 317 Å². The van der Waals surface area contributed by atoms with E-state index in [1.54, 1.807) is 6.07 Å². The second-order valence-electron chi connectivity index (χ2n) is 14.7. The molecule has 0 spiro atoms. The standard InChI is InChI=1S/C39H54ClN7O4S/c1-26(28-14-16-29(17-15-28)31-18-20-52-25-44-27(31)2)45-37(50)32-21-30(48)23-47(32)38(51)36(39(3,4)5)46-35(49)13-11-9-7-6-8-10-12-19-41-34-22-33(40)42-24-43-34/h14-18,20,22,24-26,30,32,36,48H,6-13,19,21,23H2,1-5H3,(H,45,50)(H,46,49)(H,41,42,43)/t26-,30+,32-,36+/m0/s1. The van der Waals surface area contributed by atoms with Gasteiger partial charge in [0.1, 0.15) is 29.4 Å². The molecule has 282 valence electrons. The Morgan fingerprint density at radius 1 is 1.02 bits per heavy atom. The second kappa shape index (κ2) is 19.9. The summed E-state index contributed by atoms with van der Waals surface area (Å²) in [5, 5.41) is 22.3. The number of aliphatic imine (C=N–C) groups is 1. The number of unbranched alkanes of at least 4 members (excludes halogenated alkanes) is 6. The van der Waals surface area contributed by atoms with E-state index in [9.17, 15) is 19.5 Å². The summed E-state index contributed by atoms with van der Waals surface area (Å²) in [7, 11) is 0. The van der Waals surface area contributed by atoms with Gasteiger partial charge >= 0.3 is 0 Å². The number of aromatic nitrogens is 2. The number of halogens is 1. The molecule has 13 heteroatoms. The Bertz CT molecular complexity index is 1610. The van der Waals surface area contributed by atoms with Crippen LogP contribution in [0.3, 0.4) is 0 Å². The Balaban J connectivity index is 1.22. The molecule has 4 rings (SSSR count). The summed E-state index contributed by atoms with van der Waals surface area (Å²) in [6.07, 6.45) is 10.2. The number of benzene rings is 1. The number of carbonyl (C=O) groups excluding carboxylic acids is 3. The van der Waals surface area contributed by atoms with Crippen molar-refractivity contribution in [1.29, 1.82) is 0 Å². The third kappa shape index (κ3) is 12.4. The molecule has 1 aromatic carbocycles. The van der Waals surface area contributed by atoms with Crippen molar-refractivity contribution in [3.63, 3.8) is 0 Å². The van der Waals surface area contributed by atoms with Crippen LogP contribution in [-0.2, 0) is 14.4 Å². The molecule has 0 bridgehead atoms. The molecule has 0 aliphatic carbocycles. The number of β-amino-alcohol motifs (C(OH)–C–C–N with tert-alkyl or cyclic N) is 1. The fourth-order valence-corrected chi connectivity index (χ4v) is 7.04. The topological polar surface area (TPSA) is 149 Å². The first-order valence-corrected chi connectivity index (χ1v) is 19.6. The van der Waals surface area contributed by atoms with Gasteiger partial charge in [-0.05, 0) is 54.7 Å². The number of amides is 3. The number of carbonyl (C=O) groups is 3. The summed E-state index contributed by atoms with van der Waals surface area (Å²) in [5.41, 5.74) is 5.13. The minimum Gasteiger partial charge on any atom is -0.391 e. The van der Waals surface area contributed by atoms with Crippen LogP contribution in [0.4, 0.5) is 5.82 Å². The monoisotopic (exact) mass is 751 g/mol. The lowest BCUT2D eigenvalue weighted by Crippen LogP contribution is -2.57. The van der Waals surface area contributed by atoms with Crippen molar-refractivity contribution in [2.75, 3.05) is 18.4 Å². The number of thioether (sulfide) groups is 1. The van der Waals surface area contributed by atoms with Crippen LogP contribution in [0.15, 0.2) is 58.8 Å². The number of rotatable bonds is 17. The molecule has 4 atom stereocenters. The lowest BCUT2D eigenvalue weighted by Gasteiger charge is -2.35. The summed E-state index contributed by atoms with van der Waals surface area (Å²) >= 11 is 7.41. The van der Waals surface area contributed by atoms with E-state index >= 15 is 0 Å². The van der Waals surface area contributed by atoms with Gasteiger partial charge in [0, 0.05) is 43.3 Å². The van der Waals surface area contributed by atoms with E-state index in [2.05, 4.69) is 30.9 Å². The molecule has 0 saturated carbocycles. The van der Waals surface area contributed by atoms with E-state index in [0.29, 0.717) is 11.6 Å². The van der Waals surface area contributed by atoms with Crippen LogP contribution in [-0.4, -0.2) is 74.5 Å². The smallest absolute Gasteiger partial charge is 0.246 e. The minimum absolute atomic E-state index is 0.0379. The number of aliphatic hydroxyl groups excluding tert-OH is 1. The molecule has 2 aliphatic rings. The van der Waals surface area contributed by atoms with Gasteiger partial charge in [0.2, 0.25) is 17.7 Å². The molecule has 3 amide bonds. The predicted octanol–water partition coefficient (Wildman–Crippen LogP) is 7.05. The number of nitrogens with zero attached hydrogens (tertiary/aromatic N) is 4. The van der Waals surface area contributed by atoms with Gasteiger partial charge in [-0.15, -0.1) is 0 Å². The van der Waals surface area contributed by atoms with Crippen LogP contribution in [0.25, 0.3) is 5.57 Å². The van der Waals surface area contributed by atoms with Crippen molar-refractivity contribution < 1.29 is 19.5 Å². The number of anilines is 1. The second-order valence-corrected chi connectivity index (χ2v) is 15.8. The van der Waals surface area contributed by atoms with Gasteiger partial charge in [-0.3, -0.25) is 19.4 Å². The SMILES string of the molecule is CC1=C(c2ccc([C@H](C)NC(=O)[C@@H]3C[C@@H](O)CN3C(=O)[C@@H](NC(=O)CCCCCCCCCNc3cc(Cl)ncn3)C(C)(C)C)cc2)C=CSC=N1. The van der Waals surface area contributed by atoms with Crippen molar-refractivity contribution in [3.05, 3.63) is 70.1 Å². The van der Waals surface area contributed by atoms with E-state index in [1.807, 2.05) is 75.9 Å². The van der Waals surface area contributed by atoms with E-state index in [-0.39, 0.29) is 36.7 Å². The molecule has 11 nitrogen and oxygen atoms in total. The fourth-order valence-electron chi connectivity index (χ4n) is 6.39. The molecule has 1 fully saturated rings. The molecule has 1 aromatic heterocycles. The van der Waals surface area contributed by atoms with E-state index in [4.69, 9.17) is 11.6 Å². The maximum Gasteiger partial charge on any atom is 0.246 e. The zero-order valence-electron chi connectivity index (χ0n) is 31.0. The Hall–Kier alpha value is -3.74. The molecule has 3 heterocycles. The van der Waals surface area contributed by atoms with Gasteiger partial charge in [0.15, 0.2) is 0 Å². The zero-order chi connectivity index (χ0) is 37.7. The van der Waals surface area contributed by atoms with E-state index in [0.717, 1.165) is 79.7 Å². The van der Waals surface area contributed by atoms with Crippen molar-refractivity contribution >= 4 is 58.0 Å². The van der Waals surface area contributed by atoms with E-state index < -0.39 is 23.6 Å². The number of hydrogen-bond acceptors (Lipinski definition) is 9. The highest BCUT2D eigenvalue weighted by molar-refractivity contribution is 8.14. The average molecular weight is 752 g/mol. The van der Waals surface area contributed by atoms with Gasteiger partial charge in [-0.25, -0.2) is 9.97 Å². The third-order valence-corrected chi connectivity index (χ3v) is 10.1. The number of likely N-dealkylation sites (tertiary alicyclic amines) is 1. The van der Waals surface area contributed by atoms with Crippen LogP contribution in [0, 0.1) is 5.41 Å². The third-order valence-electron chi connectivity index (χ3n) is 9.39. The zero-order valence-corrected chi connectivity index (χ0v) is 32.6. The molecule has 4 N–H and O–H groups in total. The molecule has 52 heavy (non-hydrogen) atoms. The lowest BCUT2D eigenvalue weighted by molar-refractivity contribution is -0.144. The maximum absolute atomic E-state index is 14.0. The predicted molar refractivity (Wildman–Crippen MR) is 211 cm³/mol. The summed E-state index contributed by atoms with van der Waals surface area (Å²) in [4.78, 5) is 54.5. The van der Waals surface area contributed by atoms with Gasteiger partial charge in [-0.1, -0.05) is 101 Å². The lowest BCUT2D eigenvalue weighted by atomic mass is 9.85. The number of nitrogens with one attached hydrogen (secondary N) is 3. The van der Waals surface area contributed by atoms with Crippen LogP contribution >= 0.6 is 23.4 Å². The first kappa shape index (κ1) is 41.0. The number of hydrogen-bond donors (Lipinski definition) is 4. The normalized spacial score (nSPS) is 18.6. The van der Waals surface area contributed by atoms with E-state index in [1.165, 1.54) is 23.0 Å². The number of allylic oxidation sites excluding steroid dienone is 3. The van der Waals surface area contributed by atoms with Crippen LogP contribution < -0.4 is 16.0 Å². The van der Waals surface area contributed by atoms with Crippen molar-refractivity contribution in [1.82, 2.24) is 25.5 Å². The molecular weight excluding hydrogens is 698 g/mol. The quantitative estimate of drug-likeness (QED) is 0.0993. The molecule has 2 aromatic rings. The first-order chi connectivity index (χ1) is 24.8. The molecule has 2 aliphatic heterocycles. The van der Waals surface area contributed by atoms with Gasteiger partial charge in [0.05, 0.1) is 17.7 Å². The fraction of sp³-hybridized carbons (Fsp3) is 0.538. The van der Waals surface area contributed by atoms with Gasteiger partial charge in [-0.2, -0.15) is 0 Å². The van der Waals surface area contributed by atoms with Crippen LogP contribution in [0.5, 0.6) is 0 Å². The summed E-state index contributed by atoms with van der Waals surface area (Å²) in [5.74, 6) is -0.137. The van der Waals surface area contributed by atoms with Crippen molar-refractivity contribution in [2.45, 2.75) is 117 Å².